The average molecular weight is 391 g/mol. The SMILES string of the molecule is CC1=CC2(F)CC3C(CCC4(C)C(C(=O)CO)CCC34)C3CCC(C)(O)CC132. The fraction of sp³-hybridized carbons (Fsp3) is 0.875. The van der Waals surface area contributed by atoms with Crippen LogP contribution < -0.4 is 0 Å². The van der Waals surface area contributed by atoms with Gasteiger partial charge in [0.15, 0.2) is 5.78 Å². The van der Waals surface area contributed by atoms with Crippen molar-refractivity contribution in [3.05, 3.63) is 11.6 Å². The van der Waals surface area contributed by atoms with Crippen molar-refractivity contribution in [2.45, 2.75) is 83.4 Å². The first-order chi connectivity index (χ1) is 13.1. The van der Waals surface area contributed by atoms with Gasteiger partial charge >= 0.3 is 0 Å². The molecule has 4 fully saturated rings. The van der Waals surface area contributed by atoms with Gasteiger partial charge in [-0.3, -0.25) is 4.79 Å². The van der Waals surface area contributed by atoms with Gasteiger partial charge in [0.2, 0.25) is 0 Å². The lowest BCUT2D eigenvalue weighted by atomic mass is 9.36. The standard InChI is InChI=1S/C24H35FO3/c1-14-10-23(25)11-16-15(18-7-8-21(2,28)13-24(14,18)23)6-9-22(3)17(16)4-5-19(22)20(27)12-26/h10,15-19,26,28H,4-9,11-13H2,1-3H3. The Morgan fingerprint density at radius 3 is 2.57 bits per heavy atom. The second kappa shape index (κ2) is 5.69. The van der Waals surface area contributed by atoms with E-state index < -0.39 is 16.7 Å². The van der Waals surface area contributed by atoms with E-state index in [1.165, 1.54) is 0 Å². The fourth-order valence-corrected chi connectivity index (χ4v) is 9.18. The summed E-state index contributed by atoms with van der Waals surface area (Å²) >= 11 is 0. The minimum absolute atomic E-state index is 0.0170. The lowest BCUT2D eigenvalue weighted by Gasteiger charge is -2.69. The van der Waals surface area contributed by atoms with Crippen molar-refractivity contribution in [2.24, 2.45) is 40.4 Å². The highest BCUT2D eigenvalue weighted by atomic mass is 19.1. The normalized spacial score (nSPS) is 57.2. The maximum atomic E-state index is 16.5. The zero-order valence-electron chi connectivity index (χ0n) is 17.5. The molecule has 3 nitrogen and oxygen atoms in total. The molecule has 0 aromatic rings. The molecule has 4 saturated carbocycles. The van der Waals surface area contributed by atoms with E-state index in [9.17, 15) is 15.0 Å². The van der Waals surface area contributed by atoms with Crippen LogP contribution >= 0.6 is 0 Å². The third-order valence-electron chi connectivity index (χ3n) is 10.3. The summed E-state index contributed by atoms with van der Waals surface area (Å²) in [6, 6.07) is 0. The van der Waals surface area contributed by atoms with Crippen molar-refractivity contribution in [3.8, 4) is 0 Å². The lowest BCUT2D eigenvalue weighted by Crippen LogP contribution is -2.68. The second-order valence-electron chi connectivity index (χ2n) is 11.4. The van der Waals surface area contributed by atoms with Crippen molar-refractivity contribution >= 4 is 5.78 Å². The van der Waals surface area contributed by atoms with Gasteiger partial charge in [-0.05, 0) is 100 Å². The van der Waals surface area contributed by atoms with Gasteiger partial charge < -0.3 is 10.2 Å². The first-order valence-electron chi connectivity index (χ1n) is 11.3. The number of hydrogen-bond acceptors (Lipinski definition) is 3. The number of alkyl halides is 1. The van der Waals surface area contributed by atoms with Gasteiger partial charge in [-0.25, -0.2) is 4.39 Å². The molecule has 0 saturated heterocycles. The van der Waals surface area contributed by atoms with Crippen molar-refractivity contribution in [3.63, 3.8) is 0 Å². The van der Waals surface area contributed by atoms with Gasteiger partial charge in [0.1, 0.15) is 12.3 Å². The van der Waals surface area contributed by atoms with Crippen molar-refractivity contribution in [2.75, 3.05) is 6.61 Å². The quantitative estimate of drug-likeness (QED) is 0.694. The topological polar surface area (TPSA) is 57.5 Å². The van der Waals surface area contributed by atoms with E-state index in [1.54, 1.807) is 0 Å². The van der Waals surface area contributed by atoms with Crippen LogP contribution in [0.4, 0.5) is 4.39 Å². The minimum atomic E-state index is -1.30. The molecular weight excluding hydrogens is 355 g/mol. The number of Topliss-reactive ketones (excluding diaryl/α,β-unsaturated/α-hetero) is 1. The molecule has 2 N–H and O–H groups in total. The number of aliphatic hydroxyl groups is 2. The Kier molecular flexibility index (Phi) is 3.91. The van der Waals surface area contributed by atoms with Crippen LogP contribution in [-0.2, 0) is 4.79 Å². The first kappa shape index (κ1) is 19.2. The number of ketones is 1. The monoisotopic (exact) mass is 390 g/mol. The molecule has 9 atom stereocenters. The zero-order chi connectivity index (χ0) is 20.1. The number of rotatable bonds is 2. The van der Waals surface area contributed by atoms with Gasteiger partial charge in [0.05, 0.1) is 5.60 Å². The predicted octanol–water partition coefficient (Wildman–Crippen LogP) is 4.22. The number of halogens is 1. The smallest absolute Gasteiger partial charge is 0.161 e. The third-order valence-corrected chi connectivity index (χ3v) is 10.3. The summed E-state index contributed by atoms with van der Waals surface area (Å²) in [6.07, 6.45) is 8.56. The molecule has 9 unspecified atom stereocenters. The van der Waals surface area contributed by atoms with Crippen LogP contribution in [0.2, 0.25) is 0 Å². The average Bonchev–Trinajstić information content (AvgIpc) is 2.98. The number of fused-ring (bicyclic) bond motifs is 4. The fourth-order valence-electron chi connectivity index (χ4n) is 9.18. The minimum Gasteiger partial charge on any atom is -0.390 e. The first-order valence-corrected chi connectivity index (χ1v) is 11.3. The Morgan fingerprint density at radius 2 is 1.89 bits per heavy atom. The zero-order valence-corrected chi connectivity index (χ0v) is 17.5. The Hall–Kier alpha value is -0.740. The van der Waals surface area contributed by atoms with Gasteiger partial charge in [-0.1, -0.05) is 12.5 Å². The van der Waals surface area contributed by atoms with E-state index >= 15 is 4.39 Å². The summed E-state index contributed by atoms with van der Waals surface area (Å²) in [7, 11) is 0. The summed E-state index contributed by atoms with van der Waals surface area (Å²) in [6.45, 7) is 5.83. The summed E-state index contributed by atoms with van der Waals surface area (Å²) in [5.74, 6) is 1.45. The molecule has 0 aliphatic heterocycles. The van der Waals surface area contributed by atoms with Crippen LogP contribution in [0.25, 0.3) is 0 Å². The van der Waals surface area contributed by atoms with Gasteiger partial charge in [0, 0.05) is 11.3 Å². The summed E-state index contributed by atoms with van der Waals surface area (Å²) in [4.78, 5) is 12.4. The van der Waals surface area contributed by atoms with Gasteiger partial charge in [0.25, 0.3) is 0 Å². The molecule has 0 aromatic carbocycles. The molecule has 0 amide bonds. The predicted molar refractivity (Wildman–Crippen MR) is 105 cm³/mol. The van der Waals surface area contributed by atoms with Crippen LogP contribution in [0.3, 0.4) is 0 Å². The van der Waals surface area contributed by atoms with Crippen LogP contribution in [-0.4, -0.2) is 33.9 Å². The lowest BCUT2D eigenvalue weighted by molar-refractivity contribution is -0.201. The van der Waals surface area contributed by atoms with Crippen molar-refractivity contribution in [1.29, 1.82) is 0 Å². The Morgan fingerprint density at radius 1 is 1.14 bits per heavy atom. The van der Waals surface area contributed by atoms with E-state index in [4.69, 9.17) is 0 Å². The summed E-state index contributed by atoms with van der Waals surface area (Å²) in [5, 5.41) is 20.3. The van der Waals surface area contributed by atoms with E-state index in [1.807, 2.05) is 13.0 Å². The number of carbonyl (C=O) groups excluding carboxylic acids is 1. The molecular formula is C24H35FO3. The number of hydrogen-bond donors (Lipinski definition) is 2. The van der Waals surface area contributed by atoms with Crippen LogP contribution in [0.15, 0.2) is 11.6 Å². The molecule has 1 spiro atoms. The van der Waals surface area contributed by atoms with E-state index in [0.29, 0.717) is 36.5 Å². The Labute approximate surface area is 167 Å². The van der Waals surface area contributed by atoms with E-state index in [-0.39, 0.29) is 23.7 Å². The van der Waals surface area contributed by atoms with Crippen LogP contribution in [0, 0.1) is 40.4 Å². The molecule has 4 heteroatoms. The number of allylic oxidation sites excluding steroid dienone is 2. The highest BCUT2D eigenvalue weighted by Crippen LogP contribution is 2.75. The second-order valence-corrected chi connectivity index (χ2v) is 11.4. The number of carbonyl (C=O) groups is 1. The largest absolute Gasteiger partial charge is 0.390 e. The van der Waals surface area contributed by atoms with Crippen molar-refractivity contribution in [1.82, 2.24) is 0 Å². The van der Waals surface area contributed by atoms with Gasteiger partial charge in [-0.2, -0.15) is 0 Å². The molecule has 5 aliphatic rings. The molecule has 0 bridgehead atoms. The molecule has 28 heavy (non-hydrogen) atoms. The number of aliphatic hydroxyl groups excluding tert-OH is 1. The Bertz CT molecular complexity index is 744. The molecule has 5 aliphatic carbocycles. The highest BCUT2D eigenvalue weighted by Gasteiger charge is 2.72. The maximum Gasteiger partial charge on any atom is 0.161 e. The molecule has 0 heterocycles. The highest BCUT2D eigenvalue weighted by molar-refractivity contribution is 5.83. The summed E-state index contributed by atoms with van der Waals surface area (Å²) < 4.78 is 16.5. The van der Waals surface area contributed by atoms with E-state index in [0.717, 1.165) is 44.1 Å². The molecule has 0 radical (unpaired) electrons. The van der Waals surface area contributed by atoms with Crippen molar-refractivity contribution < 1.29 is 19.4 Å². The molecule has 0 aromatic heterocycles. The third kappa shape index (κ3) is 2.14. The van der Waals surface area contributed by atoms with Gasteiger partial charge in [-0.15, -0.1) is 0 Å². The molecule has 156 valence electrons. The Balaban J connectivity index is 1.52. The molecule has 5 rings (SSSR count). The maximum absolute atomic E-state index is 16.5. The van der Waals surface area contributed by atoms with E-state index in [2.05, 4.69) is 13.8 Å². The summed E-state index contributed by atoms with van der Waals surface area (Å²) in [5.41, 5.74) is -1.47. The van der Waals surface area contributed by atoms with Crippen LogP contribution in [0.5, 0.6) is 0 Å². The van der Waals surface area contributed by atoms with Crippen LogP contribution in [0.1, 0.15) is 72.1 Å².